The summed E-state index contributed by atoms with van der Waals surface area (Å²) in [6, 6.07) is 15.2. The Morgan fingerprint density at radius 3 is 2.50 bits per heavy atom. The van der Waals surface area contributed by atoms with Crippen molar-refractivity contribution in [3.05, 3.63) is 71.9 Å². The van der Waals surface area contributed by atoms with Crippen LogP contribution in [0.2, 0.25) is 0 Å². The van der Waals surface area contributed by atoms with Crippen molar-refractivity contribution in [1.82, 2.24) is 4.98 Å². The van der Waals surface area contributed by atoms with Crippen LogP contribution in [0.3, 0.4) is 0 Å². The normalized spacial score (nSPS) is 10.4. The van der Waals surface area contributed by atoms with Crippen molar-refractivity contribution < 1.29 is 14.7 Å². The van der Waals surface area contributed by atoms with Crippen LogP contribution >= 0.6 is 0 Å². The van der Waals surface area contributed by atoms with Gasteiger partial charge in [-0.25, -0.2) is 4.79 Å². The SMILES string of the molecule is O=C(O)c1ccccc1C(=O)Nc1ccc2cccnc2c1. The monoisotopic (exact) mass is 292 g/mol. The van der Waals surface area contributed by atoms with Crippen LogP contribution in [0, 0.1) is 0 Å². The number of fused-ring (bicyclic) bond motifs is 1. The van der Waals surface area contributed by atoms with Gasteiger partial charge in [0.05, 0.1) is 16.6 Å². The summed E-state index contributed by atoms with van der Waals surface area (Å²) in [5.41, 5.74) is 1.42. The number of nitrogens with one attached hydrogen (secondary N) is 1. The largest absolute Gasteiger partial charge is 0.478 e. The minimum absolute atomic E-state index is 0.0288. The molecule has 1 aromatic heterocycles. The molecule has 1 amide bonds. The van der Waals surface area contributed by atoms with E-state index in [1.807, 2.05) is 18.2 Å². The van der Waals surface area contributed by atoms with Crippen molar-refractivity contribution in [1.29, 1.82) is 0 Å². The second kappa shape index (κ2) is 5.65. The Labute approximate surface area is 126 Å². The standard InChI is InChI=1S/C17H12N2O3/c20-16(13-5-1-2-6-14(13)17(21)22)19-12-8-7-11-4-3-9-18-15(11)10-12/h1-10H,(H,19,20)(H,21,22). The first-order chi connectivity index (χ1) is 10.6. The first-order valence-electron chi connectivity index (χ1n) is 6.63. The van der Waals surface area contributed by atoms with E-state index in [1.165, 1.54) is 12.1 Å². The number of pyridine rings is 1. The fraction of sp³-hybridized carbons (Fsp3) is 0. The molecule has 0 fully saturated rings. The molecule has 3 aromatic rings. The minimum atomic E-state index is -1.13. The van der Waals surface area contributed by atoms with Crippen molar-refractivity contribution in [2.45, 2.75) is 0 Å². The molecule has 2 aromatic carbocycles. The van der Waals surface area contributed by atoms with E-state index in [2.05, 4.69) is 10.3 Å². The smallest absolute Gasteiger partial charge is 0.336 e. The number of hydrogen-bond acceptors (Lipinski definition) is 3. The Kier molecular flexibility index (Phi) is 3.53. The third-order valence-corrected chi connectivity index (χ3v) is 3.27. The zero-order valence-electron chi connectivity index (χ0n) is 11.5. The Balaban J connectivity index is 1.91. The van der Waals surface area contributed by atoms with E-state index in [1.54, 1.807) is 30.5 Å². The zero-order chi connectivity index (χ0) is 15.5. The Bertz CT molecular complexity index is 874. The molecular formula is C17H12N2O3. The van der Waals surface area contributed by atoms with Crippen LogP contribution in [0.5, 0.6) is 0 Å². The number of hydrogen-bond donors (Lipinski definition) is 2. The quantitative estimate of drug-likeness (QED) is 0.777. The van der Waals surface area contributed by atoms with Crippen molar-refractivity contribution in [3.63, 3.8) is 0 Å². The van der Waals surface area contributed by atoms with Gasteiger partial charge in [0.25, 0.3) is 5.91 Å². The number of aromatic carboxylic acids is 1. The first kappa shape index (κ1) is 13.8. The van der Waals surface area contributed by atoms with E-state index >= 15 is 0 Å². The molecule has 0 unspecified atom stereocenters. The number of carbonyl (C=O) groups excluding carboxylic acids is 1. The second-order valence-electron chi connectivity index (χ2n) is 4.72. The number of aromatic nitrogens is 1. The molecule has 1 heterocycles. The molecule has 2 N–H and O–H groups in total. The number of carboxylic acid groups (broad SMARTS) is 1. The molecule has 0 aliphatic carbocycles. The van der Waals surface area contributed by atoms with Crippen LogP contribution in [0.15, 0.2) is 60.8 Å². The Morgan fingerprint density at radius 1 is 0.955 bits per heavy atom. The first-order valence-corrected chi connectivity index (χ1v) is 6.63. The van der Waals surface area contributed by atoms with Gasteiger partial charge in [-0.05, 0) is 30.3 Å². The number of anilines is 1. The fourth-order valence-electron chi connectivity index (χ4n) is 2.21. The van der Waals surface area contributed by atoms with Gasteiger partial charge in [-0.15, -0.1) is 0 Å². The van der Waals surface area contributed by atoms with Crippen molar-refractivity contribution in [2.24, 2.45) is 0 Å². The van der Waals surface area contributed by atoms with Crippen LogP contribution in [-0.4, -0.2) is 22.0 Å². The van der Waals surface area contributed by atoms with Crippen LogP contribution < -0.4 is 5.32 Å². The van der Waals surface area contributed by atoms with Gasteiger partial charge in [0, 0.05) is 17.3 Å². The molecule has 0 aliphatic rings. The van der Waals surface area contributed by atoms with E-state index in [0.717, 1.165) is 10.9 Å². The summed E-state index contributed by atoms with van der Waals surface area (Å²) in [7, 11) is 0. The molecule has 0 radical (unpaired) electrons. The highest BCUT2D eigenvalue weighted by molar-refractivity contribution is 6.11. The zero-order valence-corrected chi connectivity index (χ0v) is 11.5. The number of carboxylic acids is 1. The van der Waals surface area contributed by atoms with Gasteiger partial charge < -0.3 is 10.4 Å². The number of benzene rings is 2. The van der Waals surface area contributed by atoms with E-state index in [0.29, 0.717) is 5.69 Å². The summed E-state index contributed by atoms with van der Waals surface area (Å²) in [6.45, 7) is 0. The Morgan fingerprint density at radius 2 is 1.73 bits per heavy atom. The number of amides is 1. The number of carbonyl (C=O) groups is 2. The van der Waals surface area contributed by atoms with E-state index < -0.39 is 11.9 Å². The maximum absolute atomic E-state index is 12.3. The molecule has 22 heavy (non-hydrogen) atoms. The maximum atomic E-state index is 12.3. The van der Waals surface area contributed by atoms with Crippen LogP contribution in [0.1, 0.15) is 20.7 Å². The van der Waals surface area contributed by atoms with Crippen LogP contribution in [-0.2, 0) is 0 Å². The fourth-order valence-corrected chi connectivity index (χ4v) is 2.21. The summed E-state index contributed by atoms with van der Waals surface area (Å²) in [5, 5.41) is 12.8. The van der Waals surface area contributed by atoms with Gasteiger partial charge >= 0.3 is 5.97 Å². The lowest BCUT2D eigenvalue weighted by Gasteiger charge is -2.08. The topological polar surface area (TPSA) is 79.3 Å². The predicted molar refractivity (Wildman–Crippen MR) is 83.1 cm³/mol. The summed E-state index contributed by atoms with van der Waals surface area (Å²) in [5.74, 6) is -1.60. The molecule has 3 rings (SSSR count). The molecule has 0 saturated heterocycles. The predicted octanol–water partition coefficient (Wildman–Crippen LogP) is 3.19. The molecule has 5 heteroatoms. The highest BCUT2D eigenvalue weighted by Crippen LogP contribution is 2.18. The number of rotatable bonds is 3. The third kappa shape index (κ3) is 2.64. The van der Waals surface area contributed by atoms with Crippen molar-refractivity contribution in [2.75, 3.05) is 5.32 Å². The maximum Gasteiger partial charge on any atom is 0.336 e. The highest BCUT2D eigenvalue weighted by atomic mass is 16.4. The second-order valence-corrected chi connectivity index (χ2v) is 4.72. The van der Waals surface area contributed by atoms with Gasteiger partial charge in [0.2, 0.25) is 0 Å². The van der Waals surface area contributed by atoms with Gasteiger partial charge in [-0.2, -0.15) is 0 Å². The van der Waals surface area contributed by atoms with Crippen molar-refractivity contribution >= 4 is 28.5 Å². The van der Waals surface area contributed by atoms with E-state index in [9.17, 15) is 9.59 Å². The van der Waals surface area contributed by atoms with Gasteiger partial charge in [-0.1, -0.05) is 24.3 Å². The molecule has 0 bridgehead atoms. The Hall–Kier alpha value is -3.21. The molecule has 5 nitrogen and oxygen atoms in total. The number of nitrogens with zero attached hydrogens (tertiary/aromatic N) is 1. The molecule has 108 valence electrons. The average molecular weight is 292 g/mol. The lowest BCUT2D eigenvalue weighted by molar-refractivity contribution is 0.0692. The minimum Gasteiger partial charge on any atom is -0.478 e. The average Bonchev–Trinajstić information content (AvgIpc) is 2.54. The molecule has 0 saturated carbocycles. The third-order valence-electron chi connectivity index (χ3n) is 3.27. The molecule has 0 spiro atoms. The highest BCUT2D eigenvalue weighted by Gasteiger charge is 2.15. The van der Waals surface area contributed by atoms with Crippen LogP contribution in [0.25, 0.3) is 10.9 Å². The molecular weight excluding hydrogens is 280 g/mol. The summed E-state index contributed by atoms with van der Waals surface area (Å²) < 4.78 is 0. The van der Waals surface area contributed by atoms with Crippen molar-refractivity contribution in [3.8, 4) is 0 Å². The van der Waals surface area contributed by atoms with E-state index in [4.69, 9.17) is 5.11 Å². The van der Waals surface area contributed by atoms with Crippen LogP contribution in [0.4, 0.5) is 5.69 Å². The summed E-state index contributed by atoms with van der Waals surface area (Å²) >= 11 is 0. The lowest BCUT2D eigenvalue weighted by Crippen LogP contribution is -2.16. The molecule has 0 aliphatic heterocycles. The van der Waals surface area contributed by atoms with Gasteiger partial charge in [0.1, 0.15) is 0 Å². The summed E-state index contributed by atoms with van der Waals surface area (Å²) in [6.07, 6.45) is 1.67. The molecule has 0 atom stereocenters. The van der Waals surface area contributed by atoms with Gasteiger partial charge in [-0.3, -0.25) is 9.78 Å². The van der Waals surface area contributed by atoms with E-state index in [-0.39, 0.29) is 11.1 Å². The van der Waals surface area contributed by atoms with Gasteiger partial charge in [0.15, 0.2) is 0 Å². The summed E-state index contributed by atoms with van der Waals surface area (Å²) in [4.78, 5) is 27.7. The lowest BCUT2D eigenvalue weighted by atomic mass is 10.1.